The second-order valence-electron chi connectivity index (χ2n) is 6.11. The zero-order valence-corrected chi connectivity index (χ0v) is 13.7. The molecule has 1 N–H and O–H groups in total. The summed E-state index contributed by atoms with van der Waals surface area (Å²) in [5.74, 6) is 2.60. The van der Waals surface area contributed by atoms with Gasteiger partial charge in [-0.1, -0.05) is 39.8 Å². The van der Waals surface area contributed by atoms with Crippen molar-refractivity contribution < 1.29 is 5.21 Å². The van der Waals surface area contributed by atoms with E-state index in [2.05, 4.69) is 39.8 Å². The van der Waals surface area contributed by atoms with E-state index in [1.54, 1.807) is 0 Å². The van der Waals surface area contributed by atoms with E-state index in [0.717, 1.165) is 17.2 Å². The molecule has 0 heterocycles. The normalized spacial score (nSPS) is 38.5. The van der Waals surface area contributed by atoms with Gasteiger partial charge in [0, 0.05) is 11.3 Å². The lowest BCUT2D eigenvalue weighted by atomic mass is 9.70. The van der Waals surface area contributed by atoms with E-state index in [-0.39, 0.29) is 14.9 Å². The molecule has 2 aliphatic rings. The molecule has 2 saturated carbocycles. The molecule has 0 aromatic rings. The Kier molecular flexibility index (Phi) is 3.74. The number of rotatable bonds is 4. The molecular weight excluding hydrogens is 262 g/mol. The molecule has 2 bridgehead atoms. The number of hydrogen-bond donors (Lipinski definition) is 1. The summed E-state index contributed by atoms with van der Waals surface area (Å²) in [5.41, 5.74) is 1.52. The van der Waals surface area contributed by atoms with Crippen molar-refractivity contribution in [2.75, 3.05) is 11.5 Å². The molecule has 4 heteroatoms. The molecule has 0 aromatic heterocycles. The number of thioether (sulfide) groups is 2. The van der Waals surface area contributed by atoms with Crippen LogP contribution >= 0.6 is 23.5 Å². The van der Waals surface area contributed by atoms with Gasteiger partial charge in [0.25, 0.3) is 0 Å². The molecule has 0 aromatic carbocycles. The van der Waals surface area contributed by atoms with Gasteiger partial charge in [0.05, 0.1) is 5.71 Å². The average Bonchev–Trinajstić information content (AvgIpc) is 2.61. The lowest BCUT2D eigenvalue weighted by Crippen LogP contribution is -2.46. The quantitative estimate of drug-likeness (QED) is 0.470. The molecule has 0 aliphatic heterocycles. The molecule has 18 heavy (non-hydrogen) atoms. The van der Waals surface area contributed by atoms with Crippen molar-refractivity contribution in [3.63, 3.8) is 0 Å². The van der Waals surface area contributed by atoms with Crippen LogP contribution in [0.5, 0.6) is 0 Å². The van der Waals surface area contributed by atoms with Crippen LogP contribution < -0.4 is 0 Å². The molecule has 2 aliphatic carbocycles. The van der Waals surface area contributed by atoms with Crippen molar-refractivity contribution in [2.24, 2.45) is 21.9 Å². The van der Waals surface area contributed by atoms with E-state index >= 15 is 0 Å². The highest BCUT2D eigenvalue weighted by atomic mass is 32.2. The Hall–Kier alpha value is 0.170. The van der Waals surface area contributed by atoms with Crippen LogP contribution in [0.1, 0.15) is 47.5 Å². The summed E-state index contributed by atoms with van der Waals surface area (Å²) in [7, 11) is 0. The Bertz CT molecular complexity index is 361. The van der Waals surface area contributed by atoms with Gasteiger partial charge in [0.2, 0.25) is 0 Å². The predicted molar refractivity (Wildman–Crippen MR) is 82.8 cm³/mol. The Morgan fingerprint density at radius 2 is 1.78 bits per heavy atom. The Balaban J connectivity index is 2.57. The van der Waals surface area contributed by atoms with Crippen LogP contribution in [-0.4, -0.2) is 26.5 Å². The third-order valence-electron chi connectivity index (χ3n) is 5.42. The maximum Gasteiger partial charge on any atom is 0.109 e. The molecule has 2 atom stereocenters. The SMILES string of the molecule is CCSC1(SCC)/C(=N/O)[C@@H]2CC[C@]1(C)C2(C)C. The van der Waals surface area contributed by atoms with Crippen LogP contribution in [0.4, 0.5) is 0 Å². The smallest absolute Gasteiger partial charge is 0.109 e. The van der Waals surface area contributed by atoms with Gasteiger partial charge in [-0.3, -0.25) is 0 Å². The van der Waals surface area contributed by atoms with Gasteiger partial charge in [0.15, 0.2) is 0 Å². The Morgan fingerprint density at radius 1 is 1.22 bits per heavy atom. The van der Waals surface area contributed by atoms with Crippen molar-refractivity contribution in [1.82, 2.24) is 0 Å². The fourth-order valence-electron chi connectivity index (χ4n) is 4.13. The first kappa shape index (κ1) is 14.6. The molecule has 0 radical (unpaired) electrons. The zero-order chi connectivity index (χ0) is 13.6. The van der Waals surface area contributed by atoms with Gasteiger partial charge in [-0.15, -0.1) is 23.5 Å². The van der Waals surface area contributed by atoms with Crippen molar-refractivity contribution in [1.29, 1.82) is 0 Å². The second-order valence-corrected chi connectivity index (χ2v) is 9.33. The van der Waals surface area contributed by atoms with E-state index in [1.165, 1.54) is 12.8 Å². The molecule has 2 nitrogen and oxygen atoms in total. The number of oxime groups is 1. The van der Waals surface area contributed by atoms with Crippen LogP contribution in [0.25, 0.3) is 0 Å². The highest BCUT2D eigenvalue weighted by Gasteiger charge is 2.73. The molecule has 104 valence electrons. The third-order valence-corrected chi connectivity index (χ3v) is 8.84. The Morgan fingerprint density at radius 3 is 2.22 bits per heavy atom. The van der Waals surface area contributed by atoms with Gasteiger partial charge >= 0.3 is 0 Å². The lowest BCUT2D eigenvalue weighted by molar-refractivity contribution is 0.149. The summed E-state index contributed by atoms with van der Waals surface area (Å²) < 4.78 is -0.0162. The lowest BCUT2D eigenvalue weighted by Gasteiger charge is -2.47. The minimum Gasteiger partial charge on any atom is -0.411 e. The predicted octanol–water partition coefficient (Wildman–Crippen LogP) is 4.48. The first-order chi connectivity index (χ1) is 8.41. The average molecular weight is 287 g/mol. The summed E-state index contributed by atoms with van der Waals surface area (Å²) in [5, 5.41) is 13.4. The van der Waals surface area contributed by atoms with E-state index in [4.69, 9.17) is 0 Å². The van der Waals surface area contributed by atoms with E-state index in [0.29, 0.717) is 5.92 Å². The maximum atomic E-state index is 9.58. The van der Waals surface area contributed by atoms with Gasteiger partial charge in [0.1, 0.15) is 4.08 Å². The van der Waals surface area contributed by atoms with E-state index < -0.39 is 0 Å². The van der Waals surface area contributed by atoms with Crippen LogP contribution in [0.15, 0.2) is 5.16 Å². The number of hydrogen-bond acceptors (Lipinski definition) is 4. The van der Waals surface area contributed by atoms with E-state index in [9.17, 15) is 5.21 Å². The fraction of sp³-hybridized carbons (Fsp3) is 0.929. The van der Waals surface area contributed by atoms with Crippen LogP contribution in [0, 0.1) is 16.7 Å². The summed E-state index contributed by atoms with van der Waals surface area (Å²) in [6.07, 6.45) is 2.43. The zero-order valence-electron chi connectivity index (χ0n) is 12.1. The standard InChI is InChI=1S/C14H25NOS2/c1-6-17-14(18-7-2)11(15-16)10-8-9-13(14,5)12(10,3)4/h10,16H,6-9H2,1-5H3/b15-11+/t10-,13+/m0/s1. The molecule has 2 fully saturated rings. The summed E-state index contributed by atoms with van der Waals surface area (Å²) in [6.45, 7) is 11.6. The van der Waals surface area contributed by atoms with Crippen LogP contribution in [0.2, 0.25) is 0 Å². The van der Waals surface area contributed by atoms with Gasteiger partial charge in [-0.2, -0.15) is 0 Å². The van der Waals surface area contributed by atoms with Crippen LogP contribution in [-0.2, 0) is 0 Å². The number of nitrogens with zero attached hydrogens (tertiary/aromatic N) is 1. The van der Waals surface area contributed by atoms with E-state index in [1.807, 2.05) is 23.5 Å². The first-order valence-corrected chi connectivity index (χ1v) is 8.88. The maximum absolute atomic E-state index is 9.58. The van der Waals surface area contributed by atoms with Crippen molar-refractivity contribution >= 4 is 29.2 Å². The first-order valence-electron chi connectivity index (χ1n) is 6.91. The molecular formula is C14H25NOS2. The molecule has 2 rings (SSSR count). The number of fused-ring (bicyclic) bond motifs is 2. The summed E-state index contributed by atoms with van der Waals surface area (Å²) in [6, 6.07) is 0. The molecule has 0 saturated heterocycles. The monoisotopic (exact) mass is 287 g/mol. The highest BCUT2D eigenvalue weighted by molar-refractivity contribution is 8.19. The highest BCUT2D eigenvalue weighted by Crippen LogP contribution is 2.74. The third kappa shape index (κ3) is 1.48. The van der Waals surface area contributed by atoms with Gasteiger partial charge < -0.3 is 5.21 Å². The second kappa shape index (κ2) is 4.62. The Labute approximate surface area is 119 Å². The topological polar surface area (TPSA) is 32.6 Å². The fourth-order valence-corrected chi connectivity index (χ4v) is 8.01. The molecule has 0 amide bonds. The minimum atomic E-state index is -0.0162. The summed E-state index contributed by atoms with van der Waals surface area (Å²) in [4.78, 5) is 0. The van der Waals surface area contributed by atoms with Gasteiger partial charge in [-0.05, 0) is 29.8 Å². The summed E-state index contributed by atoms with van der Waals surface area (Å²) >= 11 is 3.96. The van der Waals surface area contributed by atoms with Crippen molar-refractivity contribution in [3.8, 4) is 0 Å². The van der Waals surface area contributed by atoms with Crippen LogP contribution in [0.3, 0.4) is 0 Å². The molecule has 0 spiro atoms. The minimum absolute atomic E-state index is 0.0162. The largest absolute Gasteiger partial charge is 0.411 e. The van der Waals surface area contributed by atoms with Gasteiger partial charge in [-0.25, -0.2) is 0 Å². The van der Waals surface area contributed by atoms with Crippen molar-refractivity contribution in [2.45, 2.75) is 51.5 Å². The molecule has 0 unspecified atom stereocenters. The van der Waals surface area contributed by atoms with Crippen molar-refractivity contribution in [3.05, 3.63) is 0 Å².